The molecule has 2 fully saturated rings. The summed E-state index contributed by atoms with van der Waals surface area (Å²) in [5.74, 6) is 0.281. The van der Waals surface area contributed by atoms with Crippen LogP contribution in [0.5, 0.6) is 0 Å². The summed E-state index contributed by atoms with van der Waals surface area (Å²) in [6.07, 6.45) is 1.24. The van der Waals surface area contributed by atoms with Crippen molar-refractivity contribution in [2.24, 2.45) is 11.8 Å². The summed E-state index contributed by atoms with van der Waals surface area (Å²) in [6, 6.07) is 0. The van der Waals surface area contributed by atoms with Crippen molar-refractivity contribution < 1.29 is 13.2 Å². The van der Waals surface area contributed by atoms with Gasteiger partial charge >= 0.3 is 0 Å². The molecule has 140 valence electrons. The number of nitrogens with two attached hydrogens (primary N) is 1. The van der Waals surface area contributed by atoms with Crippen LogP contribution in [0.25, 0.3) is 10.2 Å². The molecule has 0 radical (unpaired) electrons. The molecule has 4 rings (SSSR count). The maximum absolute atomic E-state index is 13.0. The van der Waals surface area contributed by atoms with Crippen LogP contribution in [-0.4, -0.2) is 66.2 Å². The Labute approximate surface area is 156 Å². The van der Waals surface area contributed by atoms with Crippen molar-refractivity contribution in [2.75, 3.05) is 38.2 Å². The summed E-state index contributed by atoms with van der Waals surface area (Å²) in [4.78, 5) is 16.0. The number of thiophene rings is 1. The Morgan fingerprint density at radius 2 is 1.77 bits per heavy atom. The van der Waals surface area contributed by atoms with Crippen molar-refractivity contribution in [2.45, 2.75) is 13.8 Å². The van der Waals surface area contributed by atoms with Gasteiger partial charge in [0, 0.05) is 31.6 Å². The van der Waals surface area contributed by atoms with E-state index in [1.165, 1.54) is 21.9 Å². The quantitative estimate of drug-likeness (QED) is 0.807. The highest BCUT2D eigenvalue weighted by molar-refractivity contribution is 7.88. The Morgan fingerprint density at radius 1 is 1.15 bits per heavy atom. The van der Waals surface area contributed by atoms with Crippen molar-refractivity contribution in [3.8, 4) is 0 Å². The van der Waals surface area contributed by atoms with Gasteiger partial charge in [0.25, 0.3) is 5.91 Å². The third-order valence-corrected chi connectivity index (χ3v) is 7.85. The molecule has 2 aromatic rings. The monoisotopic (exact) mass is 395 g/mol. The fourth-order valence-corrected chi connectivity index (χ4v) is 5.92. The first-order chi connectivity index (χ1) is 12.2. The number of sulfonamides is 1. The number of amides is 1. The van der Waals surface area contributed by atoms with E-state index in [0.29, 0.717) is 41.6 Å². The van der Waals surface area contributed by atoms with Gasteiger partial charge in [0.2, 0.25) is 10.0 Å². The number of rotatable bonds is 2. The van der Waals surface area contributed by atoms with Crippen LogP contribution >= 0.6 is 11.3 Å². The molecule has 2 aromatic heterocycles. The second kappa shape index (κ2) is 5.86. The Kier molecular flexibility index (Phi) is 3.97. The number of hydrogen-bond acceptors (Lipinski definition) is 7. The molecule has 4 heterocycles. The van der Waals surface area contributed by atoms with Crippen LogP contribution in [0.15, 0.2) is 0 Å². The highest BCUT2D eigenvalue weighted by Crippen LogP contribution is 2.38. The van der Waals surface area contributed by atoms with E-state index in [2.05, 4.69) is 10.2 Å². The topological polar surface area (TPSA) is 109 Å². The van der Waals surface area contributed by atoms with Crippen LogP contribution in [0.3, 0.4) is 0 Å². The predicted octanol–water partition coefficient (Wildman–Crippen LogP) is 0.854. The number of hydrogen-bond donors (Lipinski definition) is 1. The fourth-order valence-electron chi connectivity index (χ4n) is 3.93. The molecule has 0 aliphatic carbocycles. The summed E-state index contributed by atoms with van der Waals surface area (Å²) in [7, 11) is -3.17. The number of carbonyl (C=O) groups excluding carboxylic acids is 1. The minimum absolute atomic E-state index is 0.0946. The van der Waals surface area contributed by atoms with Crippen molar-refractivity contribution in [3.05, 3.63) is 16.1 Å². The first kappa shape index (κ1) is 17.6. The highest BCUT2D eigenvalue weighted by atomic mass is 32.2. The van der Waals surface area contributed by atoms with Gasteiger partial charge in [0.15, 0.2) is 0 Å². The zero-order chi connectivity index (χ0) is 18.8. The lowest BCUT2D eigenvalue weighted by atomic mass is 10.0. The Hall–Kier alpha value is -1.78. The lowest BCUT2D eigenvalue weighted by Crippen LogP contribution is -2.35. The van der Waals surface area contributed by atoms with E-state index >= 15 is 0 Å². The summed E-state index contributed by atoms with van der Waals surface area (Å²) in [5, 5.41) is 9.10. The summed E-state index contributed by atoms with van der Waals surface area (Å²) in [6.45, 7) is 5.90. The van der Waals surface area contributed by atoms with E-state index in [4.69, 9.17) is 5.73 Å². The van der Waals surface area contributed by atoms with Gasteiger partial charge in [-0.1, -0.05) is 0 Å². The second-order valence-corrected chi connectivity index (χ2v) is 10.2. The second-order valence-electron chi connectivity index (χ2n) is 7.25. The maximum Gasteiger partial charge on any atom is 0.266 e. The van der Waals surface area contributed by atoms with Crippen molar-refractivity contribution >= 4 is 43.2 Å². The molecular weight excluding hydrogens is 374 g/mol. The normalized spacial score (nSPS) is 23.7. The molecule has 2 aliphatic heterocycles. The van der Waals surface area contributed by atoms with Crippen LogP contribution in [-0.2, 0) is 10.0 Å². The largest absolute Gasteiger partial charge is 0.397 e. The average Bonchev–Trinajstić information content (AvgIpc) is 3.21. The average molecular weight is 396 g/mol. The van der Waals surface area contributed by atoms with Gasteiger partial charge in [-0.15, -0.1) is 16.4 Å². The minimum Gasteiger partial charge on any atom is -0.397 e. The van der Waals surface area contributed by atoms with Crippen LogP contribution in [0, 0.1) is 25.7 Å². The fraction of sp³-hybridized carbons (Fsp3) is 0.562. The molecule has 2 aliphatic rings. The Balaban J connectivity index is 1.58. The van der Waals surface area contributed by atoms with Crippen molar-refractivity contribution in [1.29, 1.82) is 0 Å². The third-order valence-electron chi connectivity index (χ3n) is 5.54. The van der Waals surface area contributed by atoms with Crippen molar-refractivity contribution in [3.63, 3.8) is 0 Å². The molecule has 0 saturated carbocycles. The third kappa shape index (κ3) is 2.67. The van der Waals surface area contributed by atoms with Crippen LogP contribution in [0.1, 0.15) is 20.9 Å². The van der Waals surface area contributed by atoms with E-state index in [0.717, 1.165) is 16.6 Å². The van der Waals surface area contributed by atoms with Gasteiger partial charge in [-0.3, -0.25) is 4.79 Å². The molecule has 8 nitrogen and oxygen atoms in total. The van der Waals surface area contributed by atoms with Gasteiger partial charge in [-0.2, -0.15) is 5.10 Å². The number of likely N-dealkylation sites (tertiary alicyclic amines) is 1. The first-order valence-corrected chi connectivity index (χ1v) is 11.1. The highest BCUT2D eigenvalue weighted by Gasteiger charge is 2.44. The maximum atomic E-state index is 13.0. The van der Waals surface area contributed by atoms with Crippen LogP contribution in [0.4, 0.5) is 5.69 Å². The first-order valence-electron chi connectivity index (χ1n) is 8.43. The van der Waals surface area contributed by atoms with E-state index in [-0.39, 0.29) is 17.7 Å². The molecule has 1 amide bonds. The lowest BCUT2D eigenvalue weighted by Gasteiger charge is -2.20. The molecule has 10 heteroatoms. The summed E-state index contributed by atoms with van der Waals surface area (Å²) in [5.41, 5.74) is 8.50. The summed E-state index contributed by atoms with van der Waals surface area (Å²) < 4.78 is 25.0. The minimum atomic E-state index is -3.17. The zero-order valence-electron chi connectivity index (χ0n) is 14.9. The Bertz CT molecular complexity index is 1000. The number of nitrogen functional groups attached to an aromatic ring is 1. The molecule has 2 unspecified atom stereocenters. The number of aromatic nitrogens is 2. The smallest absolute Gasteiger partial charge is 0.266 e. The number of aryl methyl sites for hydroxylation is 2. The van der Waals surface area contributed by atoms with Gasteiger partial charge in [-0.25, -0.2) is 12.7 Å². The van der Waals surface area contributed by atoms with Gasteiger partial charge in [0.1, 0.15) is 9.71 Å². The molecule has 2 N–H and O–H groups in total. The van der Waals surface area contributed by atoms with E-state index in [1.807, 2.05) is 13.8 Å². The SMILES string of the molecule is Cc1nnc2sc(C(=O)N3CC4CN(S(C)(=O)=O)CC4C3)c(N)c2c1C. The van der Waals surface area contributed by atoms with E-state index < -0.39 is 10.0 Å². The molecular formula is C16H21N5O3S2. The molecule has 2 atom stereocenters. The van der Waals surface area contributed by atoms with E-state index in [1.54, 1.807) is 4.90 Å². The lowest BCUT2D eigenvalue weighted by molar-refractivity contribution is 0.0784. The number of fused-ring (bicyclic) bond motifs is 2. The standard InChI is InChI=1S/C16H21N5O3S2/c1-8-9(2)18-19-15-12(8)13(17)14(25-15)16(22)20-4-10-6-21(26(3,23)24)7-11(10)5-20/h10-11H,4-7,17H2,1-3H3. The molecule has 0 spiro atoms. The van der Waals surface area contributed by atoms with Crippen molar-refractivity contribution in [1.82, 2.24) is 19.4 Å². The van der Waals surface area contributed by atoms with Crippen LogP contribution in [0.2, 0.25) is 0 Å². The number of anilines is 1. The molecule has 0 aromatic carbocycles. The predicted molar refractivity (Wildman–Crippen MR) is 101 cm³/mol. The van der Waals surface area contributed by atoms with Gasteiger partial charge < -0.3 is 10.6 Å². The Morgan fingerprint density at radius 3 is 2.35 bits per heavy atom. The molecule has 2 saturated heterocycles. The molecule has 26 heavy (non-hydrogen) atoms. The van der Waals surface area contributed by atoms with E-state index in [9.17, 15) is 13.2 Å². The summed E-state index contributed by atoms with van der Waals surface area (Å²) >= 11 is 1.28. The number of carbonyl (C=O) groups is 1. The number of nitrogens with zero attached hydrogens (tertiary/aromatic N) is 4. The van der Waals surface area contributed by atoms with Crippen LogP contribution < -0.4 is 5.73 Å². The molecule has 0 bridgehead atoms. The zero-order valence-corrected chi connectivity index (χ0v) is 16.5. The van der Waals surface area contributed by atoms with Gasteiger partial charge in [0.05, 0.1) is 17.6 Å². The van der Waals surface area contributed by atoms with Gasteiger partial charge in [-0.05, 0) is 31.2 Å².